The summed E-state index contributed by atoms with van der Waals surface area (Å²) in [7, 11) is 0. The van der Waals surface area contributed by atoms with Gasteiger partial charge in [-0.1, -0.05) is 6.92 Å². The van der Waals surface area contributed by atoms with Crippen molar-refractivity contribution >= 4 is 0 Å². The molecule has 0 amide bonds. The molecule has 0 aromatic carbocycles. The van der Waals surface area contributed by atoms with Gasteiger partial charge in [-0.3, -0.25) is 4.90 Å². The Hall–Kier alpha value is -0.290. The maximum atomic E-state index is 12.2. The maximum Gasteiger partial charge on any atom is 0.389 e. The van der Waals surface area contributed by atoms with E-state index in [1.807, 2.05) is 0 Å². The first-order chi connectivity index (χ1) is 8.08. The fourth-order valence-electron chi connectivity index (χ4n) is 2.43. The minimum absolute atomic E-state index is 0.0209. The third kappa shape index (κ3) is 4.43. The van der Waals surface area contributed by atoms with Crippen LogP contribution in [0.2, 0.25) is 0 Å². The Kier molecular flexibility index (Phi) is 4.70. The second kappa shape index (κ2) is 5.37. The molecule has 0 aromatic heterocycles. The third-order valence-electron chi connectivity index (χ3n) is 3.95. The smallest absolute Gasteiger partial charge is 0.309 e. The largest absolute Gasteiger partial charge is 0.389 e. The zero-order valence-electron chi connectivity index (χ0n) is 11.8. The van der Waals surface area contributed by atoms with Crippen LogP contribution in [0.15, 0.2) is 0 Å². The molecule has 1 atom stereocenters. The number of hydrogen-bond donors (Lipinski definition) is 1. The van der Waals surface area contributed by atoms with Crippen LogP contribution in [0.1, 0.15) is 47.0 Å². The normalized spacial score (nSPS) is 29.5. The van der Waals surface area contributed by atoms with Crippen LogP contribution in [0.3, 0.4) is 0 Å². The quantitative estimate of drug-likeness (QED) is 0.840. The van der Waals surface area contributed by atoms with Crippen LogP contribution in [-0.4, -0.2) is 41.8 Å². The molecular formula is C13H25F3N2. The van der Waals surface area contributed by atoms with E-state index in [0.717, 1.165) is 19.5 Å². The molecule has 0 aliphatic carbocycles. The van der Waals surface area contributed by atoms with Gasteiger partial charge in [-0.25, -0.2) is 0 Å². The Morgan fingerprint density at radius 2 is 1.83 bits per heavy atom. The van der Waals surface area contributed by atoms with E-state index in [4.69, 9.17) is 0 Å². The lowest BCUT2D eigenvalue weighted by Gasteiger charge is -2.51. The van der Waals surface area contributed by atoms with E-state index in [1.54, 1.807) is 0 Å². The second-order valence-corrected chi connectivity index (χ2v) is 6.23. The van der Waals surface area contributed by atoms with Crippen molar-refractivity contribution in [2.75, 3.05) is 19.6 Å². The van der Waals surface area contributed by atoms with Gasteiger partial charge in [0.25, 0.3) is 0 Å². The Labute approximate surface area is 108 Å². The van der Waals surface area contributed by atoms with Crippen LogP contribution >= 0.6 is 0 Å². The Morgan fingerprint density at radius 1 is 1.22 bits per heavy atom. The van der Waals surface area contributed by atoms with Gasteiger partial charge >= 0.3 is 6.18 Å². The van der Waals surface area contributed by atoms with E-state index in [1.165, 1.54) is 0 Å². The lowest BCUT2D eigenvalue weighted by atomic mass is 9.87. The van der Waals surface area contributed by atoms with Crippen LogP contribution in [0.4, 0.5) is 13.2 Å². The highest BCUT2D eigenvalue weighted by Gasteiger charge is 2.39. The van der Waals surface area contributed by atoms with Gasteiger partial charge in [0, 0.05) is 30.6 Å². The SMILES string of the molecule is CCC1(C)CNC(C)(C)CN1CCCC(F)(F)F. The molecule has 1 fully saturated rings. The Morgan fingerprint density at radius 3 is 2.33 bits per heavy atom. The molecule has 18 heavy (non-hydrogen) atoms. The van der Waals surface area contributed by atoms with Crippen molar-refractivity contribution in [2.24, 2.45) is 0 Å². The fraction of sp³-hybridized carbons (Fsp3) is 1.00. The highest BCUT2D eigenvalue weighted by atomic mass is 19.4. The van der Waals surface area contributed by atoms with Crippen LogP contribution in [0, 0.1) is 0 Å². The molecule has 1 N–H and O–H groups in total. The third-order valence-corrected chi connectivity index (χ3v) is 3.95. The average molecular weight is 266 g/mol. The van der Waals surface area contributed by atoms with E-state index in [0.29, 0.717) is 6.54 Å². The topological polar surface area (TPSA) is 15.3 Å². The van der Waals surface area contributed by atoms with Gasteiger partial charge in [-0.15, -0.1) is 0 Å². The summed E-state index contributed by atoms with van der Waals surface area (Å²) < 4.78 is 36.6. The summed E-state index contributed by atoms with van der Waals surface area (Å²) in [4.78, 5) is 2.22. The monoisotopic (exact) mass is 266 g/mol. The summed E-state index contributed by atoms with van der Waals surface area (Å²) in [6.07, 6.45) is -3.58. The maximum absolute atomic E-state index is 12.2. The molecule has 1 unspecified atom stereocenters. The lowest BCUT2D eigenvalue weighted by molar-refractivity contribution is -0.137. The molecule has 0 radical (unpaired) electrons. The summed E-state index contributed by atoms with van der Waals surface area (Å²) >= 11 is 0. The predicted octanol–water partition coefficient (Wildman–Crippen LogP) is 3.18. The van der Waals surface area contributed by atoms with Crippen molar-refractivity contribution in [3.8, 4) is 0 Å². The summed E-state index contributed by atoms with van der Waals surface area (Å²) in [6.45, 7) is 10.6. The average Bonchev–Trinajstić information content (AvgIpc) is 2.21. The van der Waals surface area contributed by atoms with Crippen LogP contribution in [0.25, 0.3) is 0 Å². The highest BCUT2D eigenvalue weighted by molar-refractivity contribution is 4.99. The van der Waals surface area contributed by atoms with E-state index in [9.17, 15) is 13.2 Å². The van der Waals surface area contributed by atoms with Gasteiger partial charge in [0.15, 0.2) is 0 Å². The van der Waals surface area contributed by atoms with Crippen molar-refractivity contribution in [1.29, 1.82) is 0 Å². The number of alkyl halides is 3. The molecule has 2 nitrogen and oxygen atoms in total. The molecule has 1 heterocycles. The van der Waals surface area contributed by atoms with Crippen molar-refractivity contribution < 1.29 is 13.2 Å². The zero-order chi connectivity index (χ0) is 14.0. The van der Waals surface area contributed by atoms with Gasteiger partial charge in [-0.05, 0) is 40.2 Å². The van der Waals surface area contributed by atoms with Crippen molar-refractivity contribution in [2.45, 2.75) is 64.2 Å². The number of hydrogen-bond acceptors (Lipinski definition) is 2. The molecule has 0 saturated carbocycles. The minimum atomic E-state index is -4.04. The van der Waals surface area contributed by atoms with E-state index < -0.39 is 12.6 Å². The number of nitrogens with one attached hydrogen (secondary N) is 1. The van der Waals surface area contributed by atoms with Crippen molar-refractivity contribution in [3.63, 3.8) is 0 Å². The summed E-state index contributed by atoms with van der Waals surface area (Å²) in [5.74, 6) is 0. The van der Waals surface area contributed by atoms with Crippen molar-refractivity contribution in [3.05, 3.63) is 0 Å². The number of rotatable bonds is 4. The zero-order valence-corrected chi connectivity index (χ0v) is 11.8. The van der Waals surface area contributed by atoms with E-state index in [-0.39, 0.29) is 17.5 Å². The predicted molar refractivity (Wildman–Crippen MR) is 67.6 cm³/mol. The van der Waals surface area contributed by atoms with Gasteiger partial charge in [0.05, 0.1) is 0 Å². The molecule has 0 spiro atoms. The first-order valence-corrected chi connectivity index (χ1v) is 6.65. The van der Waals surface area contributed by atoms with Gasteiger partial charge in [0.1, 0.15) is 0 Å². The summed E-state index contributed by atoms with van der Waals surface area (Å²) in [6, 6.07) is 0. The first-order valence-electron chi connectivity index (χ1n) is 6.65. The minimum Gasteiger partial charge on any atom is -0.309 e. The van der Waals surface area contributed by atoms with E-state index in [2.05, 4.69) is 37.9 Å². The van der Waals surface area contributed by atoms with Crippen LogP contribution in [-0.2, 0) is 0 Å². The van der Waals surface area contributed by atoms with Gasteiger partial charge in [0.2, 0.25) is 0 Å². The first kappa shape index (κ1) is 15.8. The number of halogens is 3. The second-order valence-electron chi connectivity index (χ2n) is 6.23. The number of nitrogens with zero attached hydrogens (tertiary/aromatic N) is 1. The molecule has 1 aliphatic rings. The molecule has 1 saturated heterocycles. The lowest BCUT2D eigenvalue weighted by Crippen LogP contribution is -2.67. The fourth-order valence-corrected chi connectivity index (χ4v) is 2.43. The summed E-state index contributed by atoms with van der Waals surface area (Å²) in [5, 5.41) is 3.47. The molecule has 108 valence electrons. The molecule has 1 rings (SSSR count). The Bertz CT molecular complexity index is 276. The van der Waals surface area contributed by atoms with Crippen LogP contribution in [0.5, 0.6) is 0 Å². The van der Waals surface area contributed by atoms with Gasteiger partial charge < -0.3 is 5.32 Å². The molecular weight excluding hydrogens is 241 g/mol. The van der Waals surface area contributed by atoms with Crippen molar-refractivity contribution in [1.82, 2.24) is 10.2 Å². The van der Waals surface area contributed by atoms with Gasteiger partial charge in [-0.2, -0.15) is 13.2 Å². The molecule has 0 aromatic rings. The Balaban J connectivity index is 2.57. The summed E-state index contributed by atoms with van der Waals surface area (Å²) in [5.41, 5.74) is -0.0476. The number of piperazine rings is 1. The molecule has 1 aliphatic heterocycles. The van der Waals surface area contributed by atoms with Crippen LogP contribution < -0.4 is 5.32 Å². The molecule has 5 heteroatoms. The standard InChI is InChI=1S/C13H25F3N2/c1-5-12(4)9-17-11(2,3)10-18(12)8-6-7-13(14,15)16/h17H,5-10H2,1-4H3. The van der Waals surface area contributed by atoms with E-state index >= 15 is 0 Å². The molecule has 0 bridgehead atoms. The highest BCUT2D eigenvalue weighted by Crippen LogP contribution is 2.28.